The van der Waals surface area contributed by atoms with Crippen LogP contribution in [0.15, 0.2) is 46.3 Å². The van der Waals surface area contributed by atoms with E-state index in [4.69, 9.17) is 5.73 Å². The molecular formula is C16H13BrN2OS. The van der Waals surface area contributed by atoms with Crippen LogP contribution in [0.3, 0.4) is 0 Å². The molecule has 21 heavy (non-hydrogen) atoms. The Kier molecular flexibility index (Phi) is 3.69. The molecule has 1 aromatic heterocycles. The molecule has 3 nitrogen and oxygen atoms in total. The van der Waals surface area contributed by atoms with E-state index in [2.05, 4.69) is 21.2 Å². The number of nitrogen functional groups attached to an aromatic ring is 1. The number of amides is 1. The van der Waals surface area contributed by atoms with Gasteiger partial charge in [0.1, 0.15) is 0 Å². The summed E-state index contributed by atoms with van der Waals surface area (Å²) in [4.78, 5) is 12.5. The van der Waals surface area contributed by atoms with Crippen LogP contribution in [0.4, 0.5) is 11.4 Å². The second kappa shape index (κ2) is 5.50. The van der Waals surface area contributed by atoms with Gasteiger partial charge in [-0.1, -0.05) is 18.2 Å². The lowest BCUT2D eigenvalue weighted by Gasteiger charge is -2.10. The highest BCUT2D eigenvalue weighted by Crippen LogP contribution is 2.30. The SMILES string of the molecule is Cc1cc(Br)c(NC(=O)c2csc3ccccc23)cc1N. The van der Waals surface area contributed by atoms with Gasteiger partial charge in [0.05, 0.1) is 11.3 Å². The molecule has 1 heterocycles. The molecule has 0 atom stereocenters. The summed E-state index contributed by atoms with van der Waals surface area (Å²) in [6, 6.07) is 11.5. The van der Waals surface area contributed by atoms with Gasteiger partial charge in [0, 0.05) is 25.6 Å². The summed E-state index contributed by atoms with van der Waals surface area (Å²) in [7, 11) is 0. The van der Waals surface area contributed by atoms with Crippen molar-refractivity contribution in [2.24, 2.45) is 0 Å². The Morgan fingerprint density at radius 2 is 2.05 bits per heavy atom. The molecule has 0 saturated carbocycles. The fourth-order valence-electron chi connectivity index (χ4n) is 2.13. The molecule has 0 radical (unpaired) electrons. The second-order valence-electron chi connectivity index (χ2n) is 4.79. The third kappa shape index (κ3) is 2.66. The molecule has 0 aliphatic heterocycles. The monoisotopic (exact) mass is 360 g/mol. The van der Waals surface area contributed by atoms with E-state index in [0.717, 1.165) is 20.1 Å². The van der Waals surface area contributed by atoms with E-state index in [-0.39, 0.29) is 5.91 Å². The quantitative estimate of drug-likeness (QED) is 0.644. The third-order valence-electron chi connectivity index (χ3n) is 3.33. The molecule has 3 N–H and O–H groups in total. The van der Waals surface area contributed by atoms with Crippen LogP contribution in [-0.4, -0.2) is 5.91 Å². The van der Waals surface area contributed by atoms with Crippen molar-refractivity contribution in [2.45, 2.75) is 6.92 Å². The molecule has 0 aliphatic rings. The predicted molar refractivity (Wildman–Crippen MR) is 93.1 cm³/mol. The highest BCUT2D eigenvalue weighted by Gasteiger charge is 2.14. The van der Waals surface area contributed by atoms with Crippen molar-refractivity contribution >= 4 is 54.6 Å². The summed E-state index contributed by atoms with van der Waals surface area (Å²) in [5.74, 6) is -0.128. The fraction of sp³-hybridized carbons (Fsp3) is 0.0625. The Morgan fingerprint density at radius 1 is 1.29 bits per heavy atom. The first-order chi connectivity index (χ1) is 10.1. The van der Waals surface area contributed by atoms with E-state index >= 15 is 0 Å². The van der Waals surface area contributed by atoms with E-state index in [1.807, 2.05) is 42.6 Å². The molecule has 5 heteroatoms. The maximum absolute atomic E-state index is 12.5. The van der Waals surface area contributed by atoms with E-state index in [1.54, 1.807) is 17.4 Å². The average molecular weight is 361 g/mol. The van der Waals surface area contributed by atoms with Gasteiger partial charge in [-0.05, 0) is 46.6 Å². The summed E-state index contributed by atoms with van der Waals surface area (Å²) in [5.41, 5.74) is 8.89. The van der Waals surface area contributed by atoms with Crippen LogP contribution in [0.5, 0.6) is 0 Å². The topological polar surface area (TPSA) is 55.1 Å². The molecule has 0 bridgehead atoms. The van der Waals surface area contributed by atoms with Crippen molar-refractivity contribution in [3.63, 3.8) is 0 Å². The van der Waals surface area contributed by atoms with Crippen LogP contribution in [0, 0.1) is 6.92 Å². The molecule has 0 fully saturated rings. The number of hydrogen-bond donors (Lipinski definition) is 2. The smallest absolute Gasteiger partial charge is 0.257 e. The van der Waals surface area contributed by atoms with Crippen molar-refractivity contribution in [3.8, 4) is 0 Å². The summed E-state index contributed by atoms with van der Waals surface area (Å²) in [5, 5.41) is 5.76. The molecule has 106 valence electrons. The van der Waals surface area contributed by atoms with Gasteiger partial charge in [-0.2, -0.15) is 0 Å². The summed E-state index contributed by atoms with van der Waals surface area (Å²) in [6.45, 7) is 1.93. The lowest BCUT2D eigenvalue weighted by molar-refractivity contribution is 0.102. The first kappa shape index (κ1) is 14.1. The zero-order chi connectivity index (χ0) is 15.0. The van der Waals surface area contributed by atoms with Gasteiger partial charge in [-0.25, -0.2) is 0 Å². The number of carbonyl (C=O) groups excluding carboxylic acids is 1. The Balaban J connectivity index is 1.95. The number of rotatable bonds is 2. The molecule has 3 rings (SSSR count). The van der Waals surface area contributed by atoms with Crippen molar-refractivity contribution in [1.29, 1.82) is 0 Å². The molecule has 1 amide bonds. The van der Waals surface area contributed by atoms with Gasteiger partial charge >= 0.3 is 0 Å². The summed E-state index contributed by atoms with van der Waals surface area (Å²) >= 11 is 5.02. The molecule has 0 aliphatic carbocycles. The summed E-state index contributed by atoms with van der Waals surface area (Å²) in [6.07, 6.45) is 0. The normalized spacial score (nSPS) is 10.8. The van der Waals surface area contributed by atoms with Gasteiger partial charge in [0.25, 0.3) is 5.91 Å². The van der Waals surface area contributed by atoms with Crippen molar-refractivity contribution in [3.05, 3.63) is 57.4 Å². The van der Waals surface area contributed by atoms with Crippen LogP contribution >= 0.6 is 27.3 Å². The Hall–Kier alpha value is -1.85. The largest absolute Gasteiger partial charge is 0.398 e. The van der Waals surface area contributed by atoms with Crippen LogP contribution in [0.1, 0.15) is 15.9 Å². The van der Waals surface area contributed by atoms with E-state index in [0.29, 0.717) is 16.9 Å². The second-order valence-corrected chi connectivity index (χ2v) is 6.55. The van der Waals surface area contributed by atoms with Gasteiger partial charge in [-0.15, -0.1) is 11.3 Å². The Bertz CT molecular complexity index is 841. The van der Waals surface area contributed by atoms with Crippen molar-refractivity contribution in [2.75, 3.05) is 11.1 Å². The average Bonchev–Trinajstić information content (AvgIpc) is 2.88. The Labute approximate surface area is 134 Å². The fourth-order valence-corrected chi connectivity index (χ4v) is 3.63. The summed E-state index contributed by atoms with van der Waals surface area (Å²) < 4.78 is 1.92. The molecule has 0 spiro atoms. The van der Waals surface area contributed by atoms with Gasteiger partial charge in [0.2, 0.25) is 0 Å². The van der Waals surface area contributed by atoms with Gasteiger partial charge in [0.15, 0.2) is 0 Å². The number of fused-ring (bicyclic) bond motifs is 1. The number of nitrogens with two attached hydrogens (primary N) is 1. The highest BCUT2D eigenvalue weighted by atomic mass is 79.9. The molecule has 0 saturated heterocycles. The van der Waals surface area contributed by atoms with Gasteiger partial charge < -0.3 is 11.1 Å². The van der Waals surface area contributed by atoms with E-state index in [1.165, 1.54) is 0 Å². The standard InChI is InChI=1S/C16H13BrN2OS/c1-9-6-12(17)14(7-13(9)18)19-16(20)11-8-21-15-5-3-2-4-10(11)15/h2-8H,18H2,1H3,(H,19,20). The van der Waals surface area contributed by atoms with E-state index < -0.39 is 0 Å². The predicted octanol–water partition coefficient (Wildman–Crippen LogP) is 4.81. The number of hydrogen-bond acceptors (Lipinski definition) is 3. The number of nitrogens with one attached hydrogen (secondary N) is 1. The minimum Gasteiger partial charge on any atom is -0.398 e. The maximum atomic E-state index is 12.5. The lowest BCUT2D eigenvalue weighted by atomic mass is 10.1. The lowest BCUT2D eigenvalue weighted by Crippen LogP contribution is -2.12. The molecule has 0 unspecified atom stereocenters. The minimum atomic E-state index is -0.128. The maximum Gasteiger partial charge on any atom is 0.257 e. The third-order valence-corrected chi connectivity index (χ3v) is 4.95. The molecule has 3 aromatic rings. The highest BCUT2D eigenvalue weighted by molar-refractivity contribution is 9.10. The number of thiophene rings is 1. The molecule has 2 aromatic carbocycles. The number of aryl methyl sites for hydroxylation is 1. The molecular weight excluding hydrogens is 348 g/mol. The number of carbonyl (C=O) groups is 1. The Morgan fingerprint density at radius 3 is 2.86 bits per heavy atom. The van der Waals surface area contributed by atoms with Crippen LogP contribution < -0.4 is 11.1 Å². The first-order valence-electron chi connectivity index (χ1n) is 6.39. The van der Waals surface area contributed by atoms with Crippen LogP contribution in [0.2, 0.25) is 0 Å². The number of halogens is 1. The first-order valence-corrected chi connectivity index (χ1v) is 8.06. The van der Waals surface area contributed by atoms with Gasteiger partial charge in [-0.3, -0.25) is 4.79 Å². The number of benzene rings is 2. The van der Waals surface area contributed by atoms with Crippen LogP contribution in [0.25, 0.3) is 10.1 Å². The van der Waals surface area contributed by atoms with E-state index in [9.17, 15) is 4.79 Å². The van der Waals surface area contributed by atoms with Crippen molar-refractivity contribution < 1.29 is 4.79 Å². The number of anilines is 2. The zero-order valence-corrected chi connectivity index (χ0v) is 13.7. The van der Waals surface area contributed by atoms with Crippen molar-refractivity contribution in [1.82, 2.24) is 0 Å². The zero-order valence-electron chi connectivity index (χ0n) is 11.3. The van der Waals surface area contributed by atoms with Crippen LogP contribution in [-0.2, 0) is 0 Å². The minimum absolute atomic E-state index is 0.128.